The molecule has 14 heavy (non-hydrogen) atoms. The van der Waals surface area contributed by atoms with Crippen LogP contribution in [0, 0.1) is 5.41 Å². The van der Waals surface area contributed by atoms with Crippen LogP contribution in [0.15, 0.2) is 0 Å². The summed E-state index contributed by atoms with van der Waals surface area (Å²) in [4.78, 5) is 14.4. The second-order valence-electron chi connectivity index (χ2n) is 4.30. The third kappa shape index (κ3) is 1.52. The summed E-state index contributed by atoms with van der Waals surface area (Å²) in [6.45, 7) is 1.78. The maximum absolute atomic E-state index is 12.1. The number of piperidine rings is 1. The Kier molecular flexibility index (Phi) is 2.47. The van der Waals surface area contributed by atoms with Gasteiger partial charge in [-0.25, -0.2) is 0 Å². The van der Waals surface area contributed by atoms with Gasteiger partial charge in [0.1, 0.15) is 0 Å². The van der Waals surface area contributed by atoms with E-state index in [9.17, 15) is 4.79 Å². The van der Waals surface area contributed by atoms with Crippen molar-refractivity contribution in [1.29, 1.82) is 0 Å². The van der Waals surface area contributed by atoms with E-state index in [1.165, 1.54) is 6.42 Å². The van der Waals surface area contributed by atoms with Crippen molar-refractivity contribution in [3.8, 4) is 0 Å². The number of nitrogens with zero attached hydrogens (tertiary/aromatic N) is 1. The topological polar surface area (TPSA) is 46.3 Å². The molecule has 1 saturated carbocycles. The summed E-state index contributed by atoms with van der Waals surface area (Å²) in [5.74, 6) is 0.185. The van der Waals surface area contributed by atoms with Crippen molar-refractivity contribution < 1.29 is 4.79 Å². The first-order valence-corrected chi connectivity index (χ1v) is 5.67. The lowest BCUT2D eigenvalue weighted by atomic mass is 10.0. The van der Waals surface area contributed by atoms with Crippen molar-refractivity contribution in [2.24, 2.45) is 11.1 Å². The quantitative estimate of drug-likeness (QED) is 0.696. The van der Waals surface area contributed by atoms with E-state index in [2.05, 4.69) is 0 Å². The van der Waals surface area contributed by atoms with Gasteiger partial charge in [0, 0.05) is 13.1 Å². The van der Waals surface area contributed by atoms with Crippen LogP contribution in [0.3, 0.4) is 0 Å². The second kappa shape index (κ2) is 3.50. The molecular formula is C10H16N2OS. The molecule has 1 aliphatic carbocycles. The fourth-order valence-electron chi connectivity index (χ4n) is 2.09. The van der Waals surface area contributed by atoms with Crippen LogP contribution >= 0.6 is 12.2 Å². The van der Waals surface area contributed by atoms with E-state index in [0.717, 1.165) is 38.8 Å². The number of carbonyl (C=O) groups is 1. The van der Waals surface area contributed by atoms with E-state index >= 15 is 0 Å². The lowest BCUT2D eigenvalue weighted by Gasteiger charge is -2.30. The SMILES string of the molecule is NC(=S)C1(C(=O)N2CCCCC2)CC1. The van der Waals surface area contributed by atoms with Crippen LogP contribution in [0.4, 0.5) is 0 Å². The third-order valence-electron chi connectivity index (χ3n) is 3.27. The summed E-state index contributed by atoms with van der Waals surface area (Å²) >= 11 is 4.97. The van der Waals surface area contributed by atoms with Crippen LogP contribution in [0.1, 0.15) is 32.1 Å². The first-order valence-electron chi connectivity index (χ1n) is 5.26. The molecule has 2 aliphatic rings. The van der Waals surface area contributed by atoms with Gasteiger partial charge in [-0.05, 0) is 32.1 Å². The summed E-state index contributed by atoms with van der Waals surface area (Å²) in [5, 5.41) is 0. The third-order valence-corrected chi connectivity index (χ3v) is 3.67. The van der Waals surface area contributed by atoms with Crippen LogP contribution in [-0.4, -0.2) is 28.9 Å². The second-order valence-corrected chi connectivity index (χ2v) is 4.74. The highest BCUT2D eigenvalue weighted by molar-refractivity contribution is 7.80. The number of likely N-dealkylation sites (tertiary alicyclic amines) is 1. The molecule has 2 fully saturated rings. The minimum atomic E-state index is -0.438. The Hall–Kier alpha value is -0.640. The van der Waals surface area contributed by atoms with E-state index in [0.29, 0.717) is 4.99 Å². The number of thiocarbonyl (C=S) groups is 1. The fourth-order valence-corrected chi connectivity index (χ4v) is 2.38. The van der Waals surface area contributed by atoms with Crippen molar-refractivity contribution in [1.82, 2.24) is 4.90 Å². The van der Waals surface area contributed by atoms with Gasteiger partial charge in [0.2, 0.25) is 5.91 Å². The molecule has 1 aliphatic heterocycles. The minimum absolute atomic E-state index is 0.185. The van der Waals surface area contributed by atoms with Gasteiger partial charge in [0.05, 0.1) is 10.4 Å². The first-order chi connectivity index (χ1) is 6.67. The number of rotatable bonds is 2. The molecule has 78 valence electrons. The molecule has 1 amide bonds. The summed E-state index contributed by atoms with van der Waals surface area (Å²) in [6, 6.07) is 0. The lowest BCUT2D eigenvalue weighted by molar-refractivity contribution is -0.135. The smallest absolute Gasteiger partial charge is 0.235 e. The highest BCUT2D eigenvalue weighted by Crippen LogP contribution is 2.47. The van der Waals surface area contributed by atoms with Gasteiger partial charge in [-0.1, -0.05) is 12.2 Å². The normalized spacial score (nSPS) is 24.4. The van der Waals surface area contributed by atoms with Gasteiger partial charge < -0.3 is 10.6 Å². The van der Waals surface area contributed by atoms with Crippen molar-refractivity contribution in [3.05, 3.63) is 0 Å². The predicted molar refractivity (Wildman–Crippen MR) is 58.9 cm³/mol. The zero-order valence-electron chi connectivity index (χ0n) is 8.29. The number of nitrogens with two attached hydrogens (primary N) is 1. The Morgan fingerprint density at radius 1 is 1.21 bits per heavy atom. The maximum atomic E-state index is 12.1. The summed E-state index contributed by atoms with van der Waals surface area (Å²) in [5.41, 5.74) is 5.19. The zero-order valence-corrected chi connectivity index (χ0v) is 9.11. The molecule has 4 heteroatoms. The van der Waals surface area contributed by atoms with E-state index in [1.54, 1.807) is 0 Å². The van der Waals surface area contributed by atoms with Crippen molar-refractivity contribution >= 4 is 23.1 Å². The monoisotopic (exact) mass is 212 g/mol. The van der Waals surface area contributed by atoms with Gasteiger partial charge in [0.15, 0.2) is 0 Å². The van der Waals surface area contributed by atoms with Crippen molar-refractivity contribution in [2.45, 2.75) is 32.1 Å². The molecular weight excluding hydrogens is 196 g/mol. The highest BCUT2D eigenvalue weighted by Gasteiger charge is 2.54. The molecule has 0 unspecified atom stereocenters. The Morgan fingerprint density at radius 3 is 2.21 bits per heavy atom. The molecule has 0 aromatic carbocycles. The number of hydrogen-bond donors (Lipinski definition) is 1. The Morgan fingerprint density at radius 2 is 1.79 bits per heavy atom. The van der Waals surface area contributed by atoms with Crippen LogP contribution in [0.5, 0.6) is 0 Å². The molecule has 2 rings (SSSR count). The molecule has 0 aromatic rings. The lowest BCUT2D eigenvalue weighted by Crippen LogP contribution is -2.44. The fraction of sp³-hybridized carbons (Fsp3) is 0.800. The molecule has 1 heterocycles. The minimum Gasteiger partial charge on any atom is -0.392 e. The van der Waals surface area contributed by atoms with Gasteiger partial charge in [-0.3, -0.25) is 4.79 Å². The number of carbonyl (C=O) groups excluding carboxylic acids is 1. The van der Waals surface area contributed by atoms with Crippen LogP contribution < -0.4 is 5.73 Å². The Labute approximate surface area is 89.6 Å². The van der Waals surface area contributed by atoms with Gasteiger partial charge in [-0.2, -0.15) is 0 Å². The predicted octanol–water partition coefficient (Wildman–Crippen LogP) is 1.07. The van der Waals surface area contributed by atoms with Gasteiger partial charge >= 0.3 is 0 Å². The van der Waals surface area contributed by atoms with Crippen LogP contribution in [0.2, 0.25) is 0 Å². The number of amides is 1. The van der Waals surface area contributed by atoms with E-state index in [1.807, 2.05) is 4.90 Å². The molecule has 2 N–H and O–H groups in total. The molecule has 1 saturated heterocycles. The maximum Gasteiger partial charge on any atom is 0.235 e. The Bertz CT molecular complexity index is 267. The average molecular weight is 212 g/mol. The molecule has 0 atom stereocenters. The van der Waals surface area contributed by atoms with Crippen molar-refractivity contribution in [3.63, 3.8) is 0 Å². The molecule has 0 bridgehead atoms. The average Bonchev–Trinajstić information content (AvgIpc) is 2.99. The van der Waals surface area contributed by atoms with E-state index in [-0.39, 0.29) is 5.91 Å². The van der Waals surface area contributed by atoms with E-state index in [4.69, 9.17) is 18.0 Å². The van der Waals surface area contributed by atoms with Crippen LogP contribution in [0.25, 0.3) is 0 Å². The van der Waals surface area contributed by atoms with Gasteiger partial charge in [-0.15, -0.1) is 0 Å². The molecule has 0 aromatic heterocycles. The molecule has 0 spiro atoms. The largest absolute Gasteiger partial charge is 0.392 e. The van der Waals surface area contributed by atoms with Crippen LogP contribution in [-0.2, 0) is 4.79 Å². The molecule has 0 radical (unpaired) electrons. The first kappa shape index (κ1) is 9.90. The Balaban J connectivity index is 2.04. The zero-order chi connectivity index (χ0) is 10.2. The standard InChI is InChI=1S/C10H16N2OS/c11-8(14)10(4-5-10)9(13)12-6-2-1-3-7-12/h1-7H2,(H2,11,14). The highest BCUT2D eigenvalue weighted by atomic mass is 32.1. The summed E-state index contributed by atoms with van der Waals surface area (Å²) in [7, 11) is 0. The van der Waals surface area contributed by atoms with Gasteiger partial charge in [0.25, 0.3) is 0 Å². The van der Waals surface area contributed by atoms with E-state index < -0.39 is 5.41 Å². The molecule has 3 nitrogen and oxygen atoms in total. The number of hydrogen-bond acceptors (Lipinski definition) is 2. The summed E-state index contributed by atoms with van der Waals surface area (Å²) < 4.78 is 0. The summed E-state index contributed by atoms with van der Waals surface area (Å²) in [6.07, 6.45) is 5.21. The van der Waals surface area contributed by atoms with Crippen molar-refractivity contribution in [2.75, 3.05) is 13.1 Å².